The molecule has 1 saturated heterocycles. The number of nitrogen functional groups attached to an aromatic ring is 1. The van der Waals surface area contributed by atoms with Gasteiger partial charge in [-0.1, -0.05) is 42.5 Å². The van der Waals surface area contributed by atoms with E-state index in [4.69, 9.17) is 10.5 Å². The molecule has 6 heteroatoms. The minimum atomic E-state index is 0.143. The van der Waals surface area contributed by atoms with E-state index in [-0.39, 0.29) is 17.8 Å². The average molecular weight is 431 g/mol. The fraction of sp³-hybridized carbons (Fsp3) is 0.346. The molecule has 3 aromatic rings. The summed E-state index contributed by atoms with van der Waals surface area (Å²) in [7, 11) is 1.65. The van der Waals surface area contributed by atoms with Gasteiger partial charge in [0.05, 0.1) is 12.8 Å². The molecule has 1 atom stereocenters. The average Bonchev–Trinajstić information content (AvgIpc) is 2.85. The Bertz CT molecular complexity index is 1040. The number of rotatable bonds is 7. The number of carbonyl (C=O) groups is 1. The summed E-state index contributed by atoms with van der Waals surface area (Å²) in [6.07, 6.45) is 6.09. The van der Waals surface area contributed by atoms with Crippen LogP contribution < -0.4 is 10.5 Å². The fourth-order valence-corrected chi connectivity index (χ4v) is 4.39. The lowest BCUT2D eigenvalue weighted by Crippen LogP contribution is -2.39. The highest BCUT2D eigenvalue weighted by molar-refractivity contribution is 5.76. The molecule has 0 saturated carbocycles. The van der Waals surface area contributed by atoms with Gasteiger partial charge in [-0.05, 0) is 48.9 Å². The van der Waals surface area contributed by atoms with Crippen molar-refractivity contribution in [3.8, 4) is 16.9 Å². The lowest BCUT2D eigenvalue weighted by molar-refractivity contribution is -0.132. The van der Waals surface area contributed by atoms with Crippen molar-refractivity contribution < 1.29 is 9.53 Å². The van der Waals surface area contributed by atoms with Gasteiger partial charge in [0.1, 0.15) is 5.75 Å². The van der Waals surface area contributed by atoms with Crippen molar-refractivity contribution in [1.82, 2.24) is 14.9 Å². The largest absolute Gasteiger partial charge is 0.497 e. The van der Waals surface area contributed by atoms with Crippen molar-refractivity contribution in [3.05, 3.63) is 72.1 Å². The third-order valence-corrected chi connectivity index (χ3v) is 6.10. The van der Waals surface area contributed by atoms with E-state index in [1.54, 1.807) is 13.3 Å². The van der Waals surface area contributed by atoms with Crippen LogP contribution in [0.2, 0.25) is 0 Å². The van der Waals surface area contributed by atoms with Crippen molar-refractivity contribution in [2.24, 2.45) is 0 Å². The van der Waals surface area contributed by atoms with Gasteiger partial charge in [0.25, 0.3) is 0 Å². The number of hydrogen-bond donors (Lipinski definition) is 1. The second kappa shape index (κ2) is 10.3. The second-order valence-corrected chi connectivity index (χ2v) is 8.27. The zero-order valence-corrected chi connectivity index (χ0v) is 18.5. The van der Waals surface area contributed by atoms with Gasteiger partial charge in [-0.25, -0.2) is 9.97 Å². The number of nitrogens with two attached hydrogens (primary N) is 1. The number of aryl methyl sites for hydroxylation is 1. The van der Waals surface area contributed by atoms with Gasteiger partial charge < -0.3 is 15.4 Å². The maximum Gasteiger partial charge on any atom is 0.222 e. The monoisotopic (exact) mass is 430 g/mol. The van der Waals surface area contributed by atoms with Crippen molar-refractivity contribution in [1.29, 1.82) is 0 Å². The number of aromatic nitrogens is 2. The van der Waals surface area contributed by atoms with Gasteiger partial charge in [0.15, 0.2) is 0 Å². The molecular weight excluding hydrogens is 400 g/mol. The third kappa shape index (κ3) is 5.25. The second-order valence-electron chi connectivity index (χ2n) is 8.27. The molecular formula is C26H30N4O2. The Morgan fingerprint density at radius 2 is 1.94 bits per heavy atom. The van der Waals surface area contributed by atoms with E-state index in [0.29, 0.717) is 13.0 Å². The molecule has 0 aliphatic carbocycles. The van der Waals surface area contributed by atoms with Gasteiger partial charge in [-0.2, -0.15) is 0 Å². The highest BCUT2D eigenvalue weighted by atomic mass is 16.5. The van der Waals surface area contributed by atoms with Crippen molar-refractivity contribution >= 4 is 11.9 Å². The molecule has 1 amide bonds. The third-order valence-electron chi connectivity index (χ3n) is 6.10. The number of amides is 1. The first-order valence-corrected chi connectivity index (χ1v) is 11.2. The molecule has 4 rings (SSSR count). The molecule has 1 aliphatic heterocycles. The number of likely N-dealkylation sites (tertiary alicyclic amines) is 1. The van der Waals surface area contributed by atoms with E-state index in [9.17, 15) is 4.79 Å². The Balaban J connectivity index is 1.45. The summed E-state index contributed by atoms with van der Waals surface area (Å²) in [4.78, 5) is 23.7. The van der Waals surface area contributed by atoms with Gasteiger partial charge in [0.2, 0.25) is 11.9 Å². The number of ether oxygens (including phenoxy) is 1. The molecule has 1 aromatic heterocycles. The predicted molar refractivity (Wildman–Crippen MR) is 126 cm³/mol. The van der Waals surface area contributed by atoms with E-state index in [1.165, 1.54) is 5.56 Å². The van der Waals surface area contributed by atoms with Crippen LogP contribution in [0.25, 0.3) is 11.1 Å². The Hall–Kier alpha value is -3.41. The highest BCUT2D eigenvalue weighted by Crippen LogP contribution is 2.34. The van der Waals surface area contributed by atoms with E-state index in [2.05, 4.69) is 22.1 Å². The lowest BCUT2D eigenvalue weighted by atomic mass is 9.89. The van der Waals surface area contributed by atoms with E-state index < -0.39 is 0 Å². The van der Waals surface area contributed by atoms with Crippen molar-refractivity contribution in [3.63, 3.8) is 0 Å². The van der Waals surface area contributed by atoms with Crippen LogP contribution in [0.15, 0.2) is 60.8 Å². The first-order chi connectivity index (χ1) is 15.6. The number of nitrogens with zero attached hydrogens (tertiary/aromatic N) is 3. The Kier molecular flexibility index (Phi) is 7.00. The van der Waals surface area contributed by atoms with Crippen LogP contribution >= 0.6 is 0 Å². The smallest absolute Gasteiger partial charge is 0.222 e. The summed E-state index contributed by atoms with van der Waals surface area (Å²) >= 11 is 0. The summed E-state index contributed by atoms with van der Waals surface area (Å²) in [5.41, 5.74) is 10.1. The fourth-order valence-electron chi connectivity index (χ4n) is 4.39. The van der Waals surface area contributed by atoms with Crippen LogP contribution in [-0.2, 0) is 11.2 Å². The molecule has 0 radical (unpaired) electrons. The number of benzene rings is 2. The molecule has 0 unspecified atom stereocenters. The molecule has 6 nitrogen and oxygen atoms in total. The Morgan fingerprint density at radius 3 is 2.69 bits per heavy atom. The number of piperidine rings is 1. The summed E-state index contributed by atoms with van der Waals surface area (Å²) in [6.45, 7) is 1.48. The van der Waals surface area contributed by atoms with Crippen LogP contribution in [-0.4, -0.2) is 41.0 Å². The molecule has 32 heavy (non-hydrogen) atoms. The predicted octanol–water partition coefficient (Wildman–Crippen LogP) is 4.46. The molecule has 166 valence electrons. The van der Waals surface area contributed by atoms with Crippen LogP contribution in [0.4, 0.5) is 5.95 Å². The summed E-state index contributed by atoms with van der Waals surface area (Å²) < 4.78 is 5.28. The quantitative estimate of drug-likeness (QED) is 0.598. The number of anilines is 1. The first-order valence-electron chi connectivity index (χ1n) is 11.2. The molecule has 2 N–H and O–H groups in total. The molecule has 0 bridgehead atoms. The molecule has 2 heterocycles. The van der Waals surface area contributed by atoms with Gasteiger partial charge in [-0.15, -0.1) is 0 Å². The Morgan fingerprint density at radius 1 is 1.16 bits per heavy atom. The van der Waals surface area contributed by atoms with Gasteiger partial charge in [-0.3, -0.25) is 4.79 Å². The summed E-state index contributed by atoms with van der Waals surface area (Å²) in [5.74, 6) is 1.43. The molecule has 1 aliphatic rings. The van der Waals surface area contributed by atoms with Crippen LogP contribution in [0, 0.1) is 0 Å². The first kappa shape index (κ1) is 21.8. The van der Waals surface area contributed by atoms with Gasteiger partial charge >= 0.3 is 0 Å². The minimum absolute atomic E-state index is 0.143. The molecule has 0 spiro atoms. The van der Waals surface area contributed by atoms with Crippen molar-refractivity contribution in [2.45, 2.75) is 38.0 Å². The zero-order valence-electron chi connectivity index (χ0n) is 18.5. The normalized spacial score (nSPS) is 16.0. The molecule has 2 aromatic carbocycles. The van der Waals surface area contributed by atoms with Crippen LogP contribution in [0.1, 0.15) is 42.9 Å². The van der Waals surface area contributed by atoms with E-state index in [1.807, 2.05) is 47.4 Å². The van der Waals surface area contributed by atoms with E-state index >= 15 is 0 Å². The minimum Gasteiger partial charge on any atom is -0.497 e. The van der Waals surface area contributed by atoms with Crippen molar-refractivity contribution in [2.75, 3.05) is 25.9 Å². The Labute approximate surface area is 189 Å². The van der Waals surface area contributed by atoms with Crippen LogP contribution in [0.3, 0.4) is 0 Å². The summed E-state index contributed by atoms with van der Waals surface area (Å²) in [5, 5.41) is 0. The molecule has 1 fully saturated rings. The number of methoxy groups -OCH3 is 1. The highest BCUT2D eigenvalue weighted by Gasteiger charge is 2.27. The standard InChI is InChI=1S/C26H30N4O2/c1-32-22-14-12-20(13-15-22)23-17-28-26(27)29-25(23)21-10-6-16-30(18-21)24(31)11-5-9-19-7-3-2-4-8-19/h2-4,7-8,12-15,17,21H,5-6,9-11,16,18H2,1H3,(H2,27,28,29)/t21-/m1/s1. The number of hydrogen-bond acceptors (Lipinski definition) is 5. The topological polar surface area (TPSA) is 81.3 Å². The number of carbonyl (C=O) groups excluding carboxylic acids is 1. The zero-order chi connectivity index (χ0) is 22.3. The van der Waals surface area contributed by atoms with E-state index in [0.717, 1.165) is 54.8 Å². The van der Waals surface area contributed by atoms with Gasteiger partial charge in [0, 0.05) is 37.2 Å². The maximum atomic E-state index is 12.9. The van der Waals surface area contributed by atoms with Crippen LogP contribution in [0.5, 0.6) is 5.75 Å². The lowest BCUT2D eigenvalue weighted by Gasteiger charge is -2.33. The SMILES string of the molecule is COc1ccc(-c2cnc(N)nc2[C@@H]2CCCN(C(=O)CCCc3ccccc3)C2)cc1. The maximum absolute atomic E-state index is 12.9. The summed E-state index contributed by atoms with van der Waals surface area (Å²) in [6, 6.07) is 18.2.